The van der Waals surface area contributed by atoms with Crippen LogP contribution in [-0.2, 0) is 6.54 Å². The molecule has 3 rings (SSSR count). The molecule has 2 unspecified atom stereocenters. The fourth-order valence-corrected chi connectivity index (χ4v) is 3.89. The second-order valence-corrected chi connectivity index (χ2v) is 6.71. The maximum Gasteiger partial charge on any atom is 0.129 e. The molecular weight excluding hydrogens is 246 g/mol. The van der Waals surface area contributed by atoms with Crippen molar-refractivity contribution in [3.05, 3.63) is 23.4 Å². The number of fused-ring (bicyclic) bond motifs is 1. The van der Waals surface area contributed by atoms with E-state index in [1.165, 1.54) is 55.7 Å². The number of anilines is 1. The standard InChI is InChI=1S/C17H27N3/c1-12(2)15-9-13(11-18)10-17(19-15)20-8-4-6-14-5-3-7-16(14)20/h9-10,12,14,16H,3-8,11,18H2,1-2H3. The fourth-order valence-electron chi connectivity index (χ4n) is 3.89. The summed E-state index contributed by atoms with van der Waals surface area (Å²) in [5, 5.41) is 0. The number of nitrogens with zero attached hydrogens (tertiary/aromatic N) is 2. The predicted octanol–water partition coefficient (Wildman–Crippen LogP) is 3.43. The maximum atomic E-state index is 5.88. The zero-order chi connectivity index (χ0) is 14.1. The van der Waals surface area contributed by atoms with Crippen LogP contribution < -0.4 is 10.6 Å². The minimum absolute atomic E-state index is 0.462. The van der Waals surface area contributed by atoms with E-state index in [1.807, 2.05) is 0 Å². The highest BCUT2D eigenvalue weighted by atomic mass is 15.2. The molecule has 0 bridgehead atoms. The van der Waals surface area contributed by atoms with Crippen molar-refractivity contribution in [2.24, 2.45) is 11.7 Å². The van der Waals surface area contributed by atoms with E-state index in [9.17, 15) is 0 Å². The number of hydrogen-bond donors (Lipinski definition) is 1. The number of piperidine rings is 1. The van der Waals surface area contributed by atoms with Crippen molar-refractivity contribution in [2.75, 3.05) is 11.4 Å². The van der Waals surface area contributed by atoms with Gasteiger partial charge < -0.3 is 10.6 Å². The summed E-state index contributed by atoms with van der Waals surface area (Å²) in [5.74, 6) is 2.53. The minimum Gasteiger partial charge on any atom is -0.353 e. The molecule has 2 aliphatic rings. The molecule has 2 heterocycles. The largest absolute Gasteiger partial charge is 0.353 e. The second kappa shape index (κ2) is 5.72. The Bertz CT molecular complexity index is 469. The molecule has 110 valence electrons. The molecule has 1 aliphatic carbocycles. The summed E-state index contributed by atoms with van der Waals surface area (Å²) in [7, 11) is 0. The molecule has 1 saturated heterocycles. The van der Waals surface area contributed by atoms with Crippen LogP contribution in [0.15, 0.2) is 12.1 Å². The van der Waals surface area contributed by atoms with E-state index in [1.54, 1.807) is 0 Å². The first kappa shape index (κ1) is 13.9. The van der Waals surface area contributed by atoms with Crippen LogP contribution >= 0.6 is 0 Å². The van der Waals surface area contributed by atoms with Gasteiger partial charge in [0.1, 0.15) is 5.82 Å². The highest BCUT2D eigenvalue weighted by Gasteiger charge is 2.35. The van der Waals surface area contributed by atoms with Crippen LogP contribution in [-0.4, -0.2) is 17.6 Å². The third kappa shape index (κ3) is 2.56. The topological polar surface area (TPSA) is 42.1 Å². The van der Waals surface area contributed by atoms with Gasteiger partial charge in [0.05, 0.1) is 0 Å². The Morgan fingerprint density at radius 2 is 2.05 bits per heavy atom. The molecule has 20 heavy (non-hydrogen) atoms. The summed E-state index contributed by atoms with van der Waals surface area (Å²) in [5.41, 5.74) is 8.28. The lowest BCUT2D eigenvalue weighted by atomic mass is 9.92. The van der Waals surface area contributed by atoms with E-state index in [-0.39, 0.29) is 0 Å². The van der Waals surface area contributed by atoms with E-state index in [2.05, 4.69) is 30.9 Å². The molecule has 3 heteroatoms. The molecule has 1 aromatic heterocycles. The monoisotopic (exact) mass is 273 g/mol. The SMILES string of the molecule is CC(C)c1cc(CN)cc(N2CCCC3CCCC32)n1. The summed E-state index contributed by atoms with van der Waals surface area (Å²) >= 11 is 0. The van der Waals surface area contributed by atoms with Gasteiger partial charge in [-0.2, -0.15) is 0 Å². The molecule has 0 spiro atoms. The van der Waals surface area contributed by atoms with E-state index < -0.39 is 0 Å². The first-order valence-corrected chi connectivity index (χ1v) is 8.16. The Morgan fingerprint density at radius 1 is 1.25 bits per heavy atom. The lowest BCUT2D eigenvalue weighted by molar-refractivity contribution is 0.360. The first-order valence-electron chi connectivity index (χ1n) is 8.16. The predicted molar refractivity (Wildman–Crippen MR) is 83.9 cm³/mol. The van der Waals surface area contributed by atoms with Crippen molar-refractivity contribution in [1.82, 2.24) is 4.98 Å². The van der Waals surface area contributed by atoms with Gasteiger partial charge in [-0.15, -0.1) is 0 Å². The van der Waals surface area contributed by atoms with E-state index in [0.717, 1.165) is 12.0 Å². The molecule has 2 atom stereocenters. The molecule has 1 aliphatic heterocycles. The van der Waals surface area contributed by atoms with Gasteiger partial charge in [0.25, 0.3) is 0 Å². The highest BCUT2D eigenvalue weighted by Crippen LogP contribution is 2.39. The normalized spacial score (nSPS) is 26.1. The third-order valence-corrected chi connectivity index (χ3v) is 5.01. The Labute approximate surface area is 122 Å². The van der Waals surface area contributed by atoms with Crippen LogP contribution in [0.1, 0.15) is 63.1 Å². The molecular formula is C17H27N3. The summed E-state index contributed by atoms with van der Waals surface area (Å²) < 4.78 is 0. The average Bonchev–Trinajstić information content (AvgIpc) is 2.94. The highest BCUT2D eigenvalue weighted by molar-refractivity contribution is 5.45. The zero-order valence-corrected chi connectivity index (χ0v) is 12.8. The number of pyridine rings is 1. The van der Waals surface area contributed by atoms with Gasteiger partial charge >= 0.3 is 0 Å². The van der Waals surface area contributed by atoms with E-state index >= 15 is 0 Å². The molecule has 0 aromatic carbocycles. The van der Waals surface area contributed by atoms with Crippen molar-refractivity contribution in [3.8, 4) is 0 Å². The van der Waals surface area contributed by atoms with Crippen molar-refractivity contribution >= 4 is 5.82 Å². The van der Waals surface area contributed by atoms with Crippen molar-refractivity contribution in [3.63, 3.8) is 0 Å². The Morgan fingerprint density at radius 3 is 2.80 bits per heavy atom. The first-order chi connectivity index (χ1) is 9.69. The molecule has 0 radical (unpaired) electrons. The van der Waals surface area contributed by atoms with Crippen LogP contribution in [0.3, 0.4) is 0 Å². The molecule has 2 fully saturated rings. The Balaban J connectivity index is 1.93. The lowest BCUT2D eigenvalue weighted by Crippen LogP contribution is -2.43. The Kier molecular flexibility index (Phi) is 3.97. The second-order valence-electron chi connectivity index (χ2n) is 6.71. The smallest absolute Gasteiger partial charge is 0.129 e. The van der Waals surface area contributed by atoms with Crippen molar-refractivity contribution in [1.29, 1.82) is 0 Å². The van der Waals surface area contributed by atoms with Gasteiger partial charge in [-0.25, -0.2) is 4.98 Å². The fraction of sp³-hybridized carbons (Fsp3) is 0.706. The van der Waals surface area contributed by atoms with Gasteiger partial charge in [-0.3, -0.25) is 0 Å². The van der Waals surface area contributed by atoms with E-state index in [4.69, 9.17) is 10.7 Å². The van der Waals surface area contributed by atoms with Gasteiger partial charge in [-0.1, -0.05) is 20.3 Å². The van der Waals surface area contributed by atoms with Crippen LogP contribution in [0.5, 0.6) is 0 Å². The number of nitrogens with two attached hydrogens (primary N) is 1. The van der Waals surface area contributed by atoms with E-state index in [0.29, 0.717) is 12.5 Å². The summed E-state index contributed by atoms with van der Waals surface area (Å²) in [6.07, 6.45) is 6.87. The van der Waals surface area contributed by atoms with Crippen LogP contribution in [0.25, 0.3) is 0 Å². The molecule has 3 nitrogen and oxygen atoms in total. The van der Waals surface area contributed by atoms with Crippen molar-refractivity contribution < 1.29 is 0 Å². The van der Waals surface area contributed by atoms with Crippen LogP contribution in [0.4, 0.5) is 5.82 Å². The molecule has 1 aromatic rings. The third-order valence-electron chi connectivity index (χ3n) is 5.01. The molecule has 2 N–H and O–H groups in total. The van der Waals surface area contributed by atoms with Gasteiger partial charge in [0.2, 0.25) is 0 Å². The van der Waals surface area contributed by atoms with Crippen molar-refractivity contribution in [2.45, 2.75) is 64.5 Å². The Hall–Kier alpha value is -1.09. The van der Waals surface area contributed by atoms with Crippen LogP contribution in [0, 0.1) is 5.92 Å². The average molecular weight is 273 g/mol. The quantitative estimate of drug-likeness (QED) is 0.917. The maximum absolute atomic E-state index is 5.88. The number of rotatable bonds is 3. The molecule has 1 saturated carbocycles. The number of hydrogen-bond acceptors (Lipinski definition) is 3. The van der Waals surface area contributed by atoms with Gasteiger partial charge in [0.15, 0.2) is 0 Å². The lowest BCUT2D eigenvalue weighted by Gasteiger charge is -2.39. The zero-order valence-electron chi connectivity index (χ0n) is 12.8. The summed E-state index contributed by atoms with van der Waals surface area (Å²) in [6.45, 7) is 6.19. The van der Waals surface area contributed by atoms with Gasteiger partial charge in [0, 0.05) is 24.8 Å². The summed E-state index contributed by atoms with van der Waals surface area (Å²) in [6, 6.07) is 5.11. The van der Waals surface area contributed by atoms with Gasteiger partial charge in [-0.05, 0) is 55.2 Å². The molecule has 0 amide bonds. The van der Waals surface area contributed by atoms with Crippen LogP contribution in [0.2, 0.25) is 0 Å². The number of aromatic nitrogens is 1. The summed E-state index contributed by atoms with van der Waals surface area (Å²) in [4.78, 5) is 7.51. The minimum atomic E-state index is 0.462.